The van der Waals surface area contributed by atoms with Crippen LogP contribution >= 0.6 is 0 Å². The SMILES string of the molecule is O=C(c1ccc(S(=O)(=O)Nc2ccncc2)cc1)N(C1CC1)C1CCCc2ccccc21. The maximum absolute atomic E-state index is 13.5. The van der Waals surface area contributed by atoms with Gasteiger partial charge in [-0.3, -0.25) is 14.5 Å². The largest absolute Gasteiger partial charge is 0.329 e. The van der Waals surface area contributed by atoms with Crippen LogP contribution in [-0.2, 0) is 16.4 Å². The highest BCUT2D eigenvalue weighted by Gasteiger charge is 2.39. The van der Waals surface area contributed by atoms with Crippen molar-refractivity contribution in [3.05, 3.63) is 89.7 Å². The number of carbonyl (C=O) groups is 1. The lowest BCUT2D eigenvalue weighted by Gasteiger charge is -2.36. The third-order valence-corrected chi connectivity index (χ3v) is 7.59. The summed E-state index contributed by atoms with van der Waals surface area (Å²) in [6.45, 7) is 0. The van der Waals surface area contributed by atoms with Crippen LogP contribution < -0.4 is 4.72 Å². The first kappa shape index (κ1) is 20.7. The summed E-state index contributed by atoms with van der Waals surface area (Å²) >= 11 is 0. The lowest BCUT2D eigenvalue weighted by Crippen LogP contribution is -2.38. The number of hydrogen-bond donors (Lipinski definition) is 1. The second-order valence-electron chi connectivity index (χ2n) is 8.42. The van der Waals surface area contributed by atoms with Crippen LogP contribution in [0.15, 0.2) is 78.0 Å². The van der Waals surface area contributed by atoms with Gasteiger partial charge in [0.15, 0.2) is 0 Å². The average Bonchev–Trinajstić information content (AvgIpc) is 3.65. The standard InChI is InChI=1S/C25H25N3O3S/c29-25(28(21-10-11-21)24-7-3-5-18-4-1-2-6-23(18)24)19-8-12-22(13-9-19)32(30,31)27-20-14-16-26-17-15-20/h1-2,4,6,8-9,12-17,21,24H,3,5,7,10-11H2,(H,26,27). The lowest BCUT2D eigenvalue weighted by molar-refractivity contribution is 0.0638. The Kier molecular flexibility index (Phi) is 5.43. The van der Waals surface area contributed by atoms with Crippen LogP contribution in [-0.4, -0.2) is 30.3 Å². The molecule has 1 aromatic heterocycles. The zero-order valence-electron chi connectivity index (χ0n) is 17.6. The van der Waals surface area contributed by atoms with Gasteiger partial charge in [0.05, 0.1) is 16.6 Å². The average molecular weight is 448 g/mol. The molecule has 5 rings (SSSR count). The van der Waals surface area contributed by atoms with E-state index in [1.165, 1.54) is 35.7 Å². The quantitative estimate of drug-likeness (QED) is 0.601. The van der Waals surface area contributed by atoms with E-state index in [1.54, 1.807) is 24.3 Å². The van der Waals surface area contributed by atoms with E-state index < -0.39 is 10.0 Å². The van der Waals surface area contributed by atoms with Crippen LogP contribution in [0.2, 0.25) is 0 Å². The Bertz CT molecular complexity index is 1220. The van der Waals surface area contributed by atoms with Gasteiger partial charge < -0.3 is 4.90 Å². The minimum Gasteiger partial charge on any atom is -0.329 e. The smallest absolute Gasteiger partial charge is 0.261 e. The van der Waals surface area contributed by atoms with Crippen molar-refractivity contribution in [2.45, 2.75) is 49.1 Å². The van der Waals surface area contributed by atoms with Gasteiger partial charge in [0.1, 0.15) is 0 Å². The fraction of sp³-hybridized carbons (Fsp3) is 0.280. The molecule has 0 radical (unpaired) electrons. The number of carbonyl (C=O) groups excluding carboxylic acids is 1. The van der Waals surface area contributed by atoms with E-state index in [1.807, 2.05) is 11.0 Å². The van der Waals surface area contributed by atoms with Gasteiger partial charge in [-0.2, -0.15) is 0 Å². The molecule has 6 nitrogen and oxygen atoms in total. The minimum atomic E-state index is -3.74. The Morgan fingerprint density at radius 3 is 2.38 bits per heavy atom. The van der Waals surface area contributed by atoms with E-state index in [0.717, 1.165) is 32.1 Å². The summed E-state index contributed by atoms with van der Waals surface area (Å²) in [5.74, 6) is -0.0276. The molecular formula is C25H25N3O3S. The van der Waals surface area contributed by atoms with Gasteiger partial charge in [-0.25, -0.2) is 8.42 Å². The van der Waals surface area contributed by atoms with E-state index in [2.05, 4.69) is 27.9 Å². The number of aromatic nitrogens is 1. The molecule has 2 aliphatic rings. The molecule has 0 spiro atoms. The van der Waals surface area contributed by atoms with Crippen LogP contribution in [0.25, 0.3) is 0 Å². The van der Waals surface area contributed by atoms with Gasteiger partial charge in [0, 0.05) is 24.0 Å². The van der Waals surface area contributed by atoms with Crippen LogP contribution in [0.4, 0.5) is 5.69 Å². The number of benzene rings is 2. The number of pyridine rings is 1. The van der Waals surface area contributed by atoms with Gasteiger partial charge in [0.2, 0.25) is 0 Å². The molecule has 1 saturated carbocycles. The number of anilines is 1. The van der Waals surface area contributed by atoms with Gasteiger partial charge in [0.25, 0.3) is 15.9 Å². The van der Waals surface area contributed by atoms with Crippen molar-refractivity contribution >= 4 is 21.6 Å². The molecule has 164 valence electrons. The third-order valence-electron chi connectivity index (χ3n) is 6.19. The van der Waals surface area contributed by atoms with E-state index in [4.69, 9.17) is 0 Å². The van der Waals surface area contributed by atoms with E-state index in [9.17, 15) is 13.2 Å². The fourth-order valence-electron chi connectivity index (χ4n) is 4.49. The molecule has 1 atom stereocenters. The summed E-state index contributed by atoms with van der Waals surface area (Å²) in [6, 6.07) is 18.2. The van der Waals surface area contributed by atoms with Gasteiger partial charge in [-0.15, -0.1) is 0 Å². The number of hydrogen-bond acceptors (Lipinski definition) is 4. The zero-order valence-corrected chi connectivity index (χ0v) is 18.5. The van der Waals surface area contributed by atoms with Gasteiger partial charge in [-0.1, -0.05) is 24.3 Å². The number of fused-ring (bicyclic) bond motifs is 1. The first-order chi connectivity index (χ1) is 15.5. The lowest BCUT2D eigenvalue weighted by atomic mass is 9.86. The second kappa shape index (κ2) is 8.39. The van der Waals surface area contributed by atoms with Crippen molar-refractivity contribution in [2.24, 2.45) is 0 Å². The Morgan fingerprint density at radius 2 is 1.66 bits per heavy atom. The molecule has 1 fully saturated rings. The Balaban J connectivity index is 1.39. The molecule has 2 aliphatic carbocycles. The summed E-state index contributed by atoms with van der Waals surface area (Å²) in [5.41, 5.74) is 3.53. The van der Waals surface area contributed by atoms with Crippen molar-refractivity contribution < 1.29 is 13.2 Å². The molecule has 2 aromatic carbocycles. The summed E-state index contributed by atoms with van der Waals surface area (Å²) in [4.78, 5) is 19.6. The molecule has 7 heteroatoms. The molecule has 1 unspecified atom stereocenters. The van der Waals surface area contributed by atoms with Crippen LogP contribution in [0, 0.1) is 0 Å². The van der Waals surface area contributed by atoms with Crippen molar-refractivity contribution in [1.82, 2.24) is 9.88 Å². The first-order valence-electron chi connectivity index (χ1n) is 11.0. The number of sulfonamides is 1. The molecule has 0 aliphatic heterocycles. The van der Waals surface area contributed by atoms with E-state index in [0.29, 0.717) is 11.3 Å². The van der Waals surface area contributed by atoms with Crippen molar-refractivity contribution in [2.75, 3.05) is 4.72 Å². The number of amides is 1. The monoisotopic (exact) mass is 447 g/mol. The summed E-state index contributed by atoms with van der Waals surface area (Å²) in [7, 11) is -3.74. The van der Waals surface area contributed by atoms with Crippen LogP contribution in [0.3, 0.4) is 0 Å². The molecule has 1 N–H and O–H groups in total. The summed E-state index contributed by atoms with van der Waals surface area (Å²) < 4.78 is 27.9. The highest BCUT2D eigenvalue weighted by atomic mass is 32.2. The third kappa shape index (κ3) is 4.12. The molecule has 32 heavy (non-hydrogen) atoms. The Hall–Kier alpha value is -3.19. The van der Waals surface area contributed by atoms with E-state index >= 15 is 0 Å². The highest BCUT2D eigenvalue weighted by Crippen LogP contribution is 2.41. The number of aryl methyl sites for hydroxylation is 1. The topological polar surface area (TPSA) is 79.4 Å². The second-order valence-corrected chi connectivity index (χ2v) is 10.1. The molecule has 0 saturated heterocycles. The number of rotatable bonds is 6. The Labute approximate surface area is 188 Å². The predicted octanol–water partition coefficient (Wildman–Crippen LogP) is 4.56. The van der Waals surface area contributed by atoms with Crippen LogP contribution in [0.1, 0.15) is 53.2 Å². The van der Waals surface area contributed by atoms with Crippen molar-refractivity contribution in [3.8, 4) is 0 Å². The predicted molar refractivity (Wildman–Crippen MR) is 123 cm³/mol. The molecule has 1 amide bonds. The van der Waals surface area contributed by atoms with Crippen molar-refractivity contribution in [1.29, 1.82) is 0 Å². The Morgan fingerprint density at radius 1 is 0.938 bits per heavy atom. The highest BCUT2D eigenvalue weighted by molar-refractivity contribution is 7.92. The molecule has 3 aromatic rings. The maximum atomic E-state index is 13.5. The maximum Gasteiger partial charge on any atom is 0.261 e. The van der Waals surface area contributed by atoms with Crippen molar-refractivity contribution in [3.63, 3.8) is 0 Å². The minimum absolute atomic E-state index is 0.0276. The first-order valence-corrected chi connectivity index (χ1v) is 12.4. The number of nitrogens with zero attached hydrogens (tertiary/aromatic N) is 2. The molecule has 0 bridgehead atoms. The molecular weight excluding hydrogens is 422 g/mol. The molecule has 1 heterocycles. The van der Waals surface area contributed by atoms with Gasteiger partial charge in [-0.05, 0) is 79.6 Å². The normalized spacial score (nSPS) is 17.9. The van der Waals surface area contributed by atoms with Crippen LogP contribution in [0.5, 0.6) is 0 Å². The zero-order chi connectivity index (χ0) is 22.1. The van der Waals surface area contributed by atoms with E-state index in [-0.39, 0.29) is 22.9 Å². The fourth-order valence-corrected chi connectivity index (χ4v) is 5.55. The van der Waals surface area contributed by atoms with Gasteiger partial charge >= 0.3 is 0 Å². The summed E-state index contributed by atoms with van der Waals surface area (Å²) in [6.07, 6.45) is 8.17. The summed E-state index contributed by atoms with van der Waals surface area (Å²) in [5, 5.41) is 0. The number of nitrogens with one attached hydrogen (secondary N) is 1.